The highest BCUT2D eigenvalue weighted by molar-refractivity contribution is 7.88. The van der Waals surface area contributed by atoms with E-state index in [0.29, 0.717) is 24.8 Å². The van der Waals surface area contributed by atoms with Gasteiger partial charge < -0.3 is 9.52 Å². The van der Waals surface area contributed by atoms with Crippen LogP contribution in [0.2, 0.25) is 0 Å². The summed E-state index contributed by atoms with van der Waals surface area (Å²) in [6.45, 7) is 1.05. The van der Waals surface area contributed by atoms with Crippen LogP contribution in [0.1, 0.15) is 18.6 Å². The molecule has 1 N–H and O–H groups in total. The van der Waals surface area contributed by atoms with Crippen molar-refractivity contribution in [3.8, 4) is 0 Å². The smallest absolute Gasteiger partial charge is 0.275 e. The normalized spacial score (nSPS) is 17.9. The predicted molar refractivity (Wildman–Crippen MR) is 74.6 cm³/mol. The molecule has 1 aliphatic carbocycles. The minimum atomic E-state index is -3.52. The second kappa shape index (κ2) is 5.85. The van der Waals surface area contributed by atoms with Gasteiger partial charge in [-0.05, 0) is 37.9 Å². The molecule has 0 radical (unpaired) electrons. The Hall–Kier alpha value is -0.890. The molecule has 1 aromatic heterocycles. The van der Waals surface area contributed by atoms with Crippen LogP contribution in [0.3, 0.4) is 0 Å². The Kier molecular flexibility index (Phi) is 4.53. The number of aliphatic hydroxyl groups is 1. The SMILES string of the molecule is CN(Cc1ccc(S(=O)(=O)N(C)C)o1)CC(O)C1CC1. The number of furan rings is 1. The monoisotopic (exact) mass is 302 g/mol. The van der Waals surface area contributed by atoms with Crippen LogP contribution in [0.5, 0.6) is 0 Å². The van der Waals surface area contributed by atoms with E-state index in [9.17, 15) is 13.5 Å². The van der Waals surface area contributed by atoms with E-state index in [4.69, 9.17) is 4.42 Å². The number of hydrogen-bond donors (Lipinski definition) is 1. The average Bonchev–Trinajstić information content (AvgIpc) is 3.09. The topological polar surface area (TPSA) is 74.0 Å². The molecule has 2 rings (SSSR count). The first-order valence-electron chi connectivity index (χ1n) is 6.68. The van der Waals surface area contributed by atoms with Crippen molar-refractivity contribution in [2.24, 2.45) is 5.92 Å². The van der Waals surface area contributed by atoms with Gasteiger partial charge in [0, 0.05) is 20.6 Å². The van der Waals surface area contributed by atoms with Gasteiger partial charge in [0.05, 0.1) is 12.6 Å². The van der Waals surface area contributed by atoms with Gasteiger partial charge >= 0.3 is 0 Å². The number of likely N-dealkylation sites (N-methyl/N-ethyl adjacent to an activating group) is 1. The van der Waals surface area contributed by atoms with E-state index in [1.165, 1.54) is 20.2 Å². The average molecular weight is 302 g/mol. The van der Waals surface area contributed by atoms with Gasteiger partial charge in [0.15, 0.2) is 0 Å². The molecule has 0 amide bonds. The van der Waals surface area contributed by atoms with Crippen LogP contribution in [-0.4, -0.2) is 56.5 Å². The van der Waals surface area contributed by atoms with Gasteiger partial charge in [0.25, 0.3) is 10.0 Å². The van der Waals surface area contributed by atoms with Crippen LogP contribution in [0.4, 0.5) is 0 Å². The Morgan fingerprint density at radius 1 is 1.35 bits per heavy atom. The molecule has 1 unspecified atom stereocenters. The number of rotatable bonds is 7. The third kappa shape index (κ3) is 3.60. The van der Waals surface area contributed by atoms with E-state index >= 15 is 0 Å². The lowest BCUT2D eigenvalue weighted by Gasteiger charge is -2.19. The fourth-order valence-corrected chi connectivity index (χ4v) is 2.85. The first-order valence-corrected chi connectivity index (χ1v) is 8.12. The summed E-state index contributed by atoms with van der Waals surface area (Å²) in [7, 11) is 1.30. The maximum Gasteiger partial charge on any atom is 0.275 e. The molecule has 1 fully saturated rings. The van der Waals surface area contributed by atoms with E-state index < -0.39 is 10.0 Å². The number of nitrogens with zero attached hydrogens (tertiary/aromatic N) is 2. The fraction of sp³-hybridized carbons (Fsp3) is 0.692. The largest absolute Gasteiger partial charge is 0.447 e. The third-order valence-corrected chi connectivity index (χ3v) is 5.15. The Balaban J connectivity index is 1.95. The lowest BCUT2D eigenvalue weighted by Crippen LogP contribution is -2.29. The van der Waals surface area contributed by atoms with Crippen molar-refractivity contribution in [2.45, 2.75) is 30.6 Å². The van der Waals surface area contributed by atoms with Crippen molar-refractivity contribution in [1.82, 2.24) is 9.21 Å². The van der Waals surface area contributed by atoms with Crippen LogP contribution in [0, 0.1) is 5.92 Å². The van der Waals surface area contributed by atoms with Crippen LogP contribution in [-0.2, 0) is 16.6 Å². The minimum absolute atomic E-state index is 0.0476. The Morgan fingerprint density at radius 2 is 2.00 bits per heavy atom. The van der Waals surface area contributed by atoms with Crippen molar-refractivity contribution < 1.29 is 17.9 Å². The Morgan fingerprint density at radius 3 is 2.55 bits per heavy atom. The fourth-order valence-electron chi connectivity index (χ4n) is 2.04. The first-order chi connectivity index (χ1) is 9.30. The molecule has 1 atom stereocenters. The van der Waals surface area contributed by atoms with E-state index in [0.717, 1.165) is 17.1 Å². The van der Waals surface area contributed by atoms with Gasteiger partial charge in [-0.15, -0.1) is 0 Å². The van der Waals surface area contributed by atoms with Gasteiger partial charge in [-0.3, -0.25) is 4.90 Å². The number of aliphatic hydroxyl groups excluding tert-OH is 1. The molecule has 0 aliphatic heterocycles. The molecule has 0 aromatic carbocycles. The summed E-state index contributed by atoms with van der Waals surface area (Å²) >= 11 is 0. The van der Waals surface area contributed by atoms with E-state index in [2.05, 4.69) is 0 Å². The number of hydrogen-bond acceptors (Lipinski definition) is 5. The Bertz CT molecular complexity index is 548. The molecule has 7 heteroatoms. The maximum atomic E-state index is 11.9. The zero-order valence-electron chi connectivity index (χ0n) is 12.1. The lowest BCUT2D eigenvalue weighted by atomic mass is 10.2. The molecule has 114 valence electrons. The third-order valence-electron chi connectivity index (χ3n) is 3.46. The quantitative estimate of drug-likeness (QED) is 0.804. The van der Waals surface area contributed by atoms with Crippen LogP contribution in [0.15, 0.2) is 21.6 Å². The molecule has 1 aromatic rings. The van der Waals surface area contributed by atoms with E-state index in [-0.39, 0.29) is 11.2 Å². The summed E-state index contributed by atoms with van der Waals surface area (Å²) in [6, 6.07) is 3.13. The van der Waals surface area contributed by atoms with E-state index in [1.807, 2.05) is 11.9 Å². The van der Waals surface area contributed by atoms with Gasteiger partial charge in [0.2, 0.25) is 5.09 Å². The van der Waals surface area contributed by atoms with E-state index in [1.54, 1.807) is 6.07 Å². The van der Waals surface area contributed by atoms with Crippen molar-refractivity contribution in [3.63, 3.8) is 0 Å². The van der Waals surface area contributed by atoms with Gasteiger partial charge in [-0.2, -0.15) is 0 Å². The van der Waals surface area contributed by atoms with Crippen LogP contribution in [0.25, 0.3) is 0 Å². The van der Waals surface area contributed by atoms with Crippen molar-refractivity contribution in [3.05, 3.63) is 17.9 Å². The summed E-state index contributed by atoms with van der Waals surface area (Å²) in [4.78, 5) is 1.94. The zero-order chi connectivity index (χ0) is 14.9. The molecule has 1 aliphatic rings. The standard InChI is InChI=1S/C13H22N2O4S/c1-14(2)20(17,18)13-7-6-11(19-13)8-15(3)9-12(16)10-4-5-10/h6-7,10,12,16H,4-5,8-9H2,1-3H3. The Labute approximate surface area is 120 Å². The molecular weight excluding hydrogens is 280 g/mol. The first kappa shape index (κ1) is 15.5. The van der Waals surface area contributed by atoms with Crippen molar-refractivity contribution in [2.75, 3.05) is 27.7 Å². The maximum absolute atomic E-state index is 11.9. The van der Waals surface area contributed by atoms with Crippen molar-refractivity contribution in [1.29, 1.82) is 0 Å². The molecule has 20 heavy (non-hydrogen) atoms. The van der Waals surface area contributed by atoms with Crippen LogP contribution >= 0.6 is 0 Å². The highest BCUT2D eigenvalue weighted by Crippen LogP contribution is 2.32. The van der Waals surface area contributed by atoms with Gasteiger partial charge in [0.1, 0.15) is 5.76 Å². The number of sulfonamides is 1. The predicted octanol–water partition coefficient (Wildman–Crippen LogP) is 0.733. The molecule has 1 heterocycles. The highest BCUT2D eigenvalue weighted by Gasteiger charge is 2.30. The highest BCUT2D eigenvalue weighted by atomic mass is 32.2. The molecule has 0 spiro atoms. The second-order valence-corrected chi connectivity index (χ2v) is 7.69. The summed E-state index contributed by atoms with van der Waals surface area (Å²) < 4.78 is 30.3. The molecule has 1 saturated carbocycles. The summed E-state index contributed by atoms with van der Waals surface area (Å²) in [6.07, 6.45) is 1.89. The van der Waals surface area contributed by atoms with Crippen LogP contribution < -0.4 is 0 Å². The molecule has 0 saturated heterocycles. The van der Waals surface area contributed by atoms with Gasteiger partial charge in [-0.1, -0.05) is 0 Å². The lowest BCUT2D eigenvalue weighted by molar-refractivity contribution is 0.100. The summed E-state index contributed by atoms with van der Waals surface area (Å²) in [5.41, 5.74) is 0. The minimum Gasteiger partial charge on any atom is -0.447 e. The molecule has 0 bridgehead atoms. The molecule has 6 nitrogen and oxygen atoms in total. The van der Waals surface area contributed by atoms with Crippen molar-refractivity contribution >= 4 is 10.0 Å². The summed E-state index contributed by atoms with van der Waals surface area (Å²) in [5, 5.41) is 9.82. The van der Waals surface area contributed by atoms with Gasteiger partial charge in [-0.25, -0.2) is 12.7 Å². The summed E-state index contributed by atoms with van der Waals surface area (Å²) in [5.74, 6) is 1.01. The second-order valence-electron chi connectivity index (χ2n) is 5.61. The zero-order valence-corrected chi connectivity index (χ0v) is 12.9. The molecular formula is C13H22N2O4S.